The minimum Gasteiger partial charge on any atom is -0.390 e. The summed E-state index contributed by atoms with van der Waals surface area (Å²) >= 11 is 0. The van der Waals surface area contributed by atoms with Crippen LogP contribution in [-0.4, -0.2) is 24.4 Å². The third-order valence-electron chi connectivity index (χ3n) is 1.80. The van der Waals surface area contributed by atoms with Crippen molar-refractivity contribution < 1.29 is 9.84 Å². The molecule has 2 atom stereocenters. The smallest absolute Gasteiger partial charge is 0.0827 e. The van der Waals surface area contributed by atoms with Gasteiger partial charge in [-0.3, -0.25) is 0 Å². The van der Waals surface area contributed by atoms with Crippen LogP contribution >= 0.6 is 0 Å². The quantitative estimate of drug-likeness (QED) is 0.597. The van der Waals surface area contributed by atoms with Gasteiger partial charge in [0.15, 0.2) is 0 Å². The van der Waals surface area contributed by atoms with Crippen LogP contribution in [0.25, 0.3) is 0 Å². The predicted octanol–water partition coefficient (Wildman–Crippen LogP) is 1.74. The lowest BCUT2D eigenvalue weighted by atomic mass is 10.1. The van der Waals surface area contributed by atoms with Crippen LogP contribution in [0.15, 0.2) is 12.7 Å². The zero-order chi connectivity index (χ0) is 8.69. The van der Waals surface area contributed by atoms with Crippen molar-refractivity contribution in [2.45, 2.75) is 38.4 Å². The van der Waals surface area contributed by atoms with Gasteiger partial charge in [0.25, 0.3) is 0 Å². The highest BCUT2D eigenvalue weighted by Crippen LogP contribution is 2.08. The van der Waals surface area contributed by atoms with E-state index >= 15 is 0 Å². The topological polar surface area (TPSA) is 29.5 Å². The van der Waals surface area contributed by atoms with Crippen molar-refractivity contribution in [3.63, 3.8) is 0 Å². The summed E-state index contributed by atoms with van der Waals surface area (Å²) in [5.41, 5.74) is 0. The van der Waals surface area contributed by atoms with Crippen LogP contribution in [-0.2, 0) is 4.74 Å². The fourth-order valence-corrected chi connectivity index (χ4v) is 1.07. The number of rotatable bonds is 6. The fourth-order valence-electron chi connectivity index (χ4n) is 1.07. The molecule has 0 aromatic carbocycles. The summed E-state index contributed by atoms with van der Waals surface area (Å²) in [6.07, 6.45) is 3.90. The molecule has 2 heteroatoms. The van der Waals surface area contributed by atoms with E-state index in [2.05, 4.69) is 6.58 Å². The fraction of sp³-hybridized carbons (Fsp3) is 0.778. The molecule has 0 amide bonds. The van der Waals surface area contributed by atoms with Crippen molar-refractivity contribution >= 4 is 0 Å². The van der Waals surface area contributed by atoms with Crippen molar-refractivity contribution in [3.8, 4) is 0 Å². The van der Waals surface area contributed by atoms with E-state index in [-0.39, 0.29) is 12.2 Å². The molecule has 1 N–H and O–H groups in total. The molecule has 0 saturated heterocycles. The van der Waals surface area contributed by atoms with Gasteiger partial charge >= 0.3 is 0 Å². The maximum atomic E-state index is 9.47. The minimum absolute atomic E-state index is 0.0186. The van der Waals surface area contributed by atoms with Gasteiger partial charge in [0.1, 0.15) is 0 Å². The Morgan fingerprint density at radius 1 is 1.64 bits per heavy atom. The highest BCUT2D eigenvalue weighted by atomic mass is 16.5. The monoisotopic (exact) mass is 158 g/mol. The Morgan fingerprint density at radius 3 is 2.64 bits per heavy atom. The Kier molecular flexibility index (Phi) is 6.18. The first-order valence-electron chi connectivity index (χ1n) is 4.08. The number of aliphatic hydroxyl groups is 1. The summed E-state index contributed by atoms with van der Waals surface area (Å²) in [7, 11) is 1.63. The molecule has 0 bridgehead atoms. The first-order valence-corrected chi connectivity index (χ1v) is 4.08. The Bertz CT molecular complexity index is 97.7. The molecule has 2 nitrogen and oxygen atoms in total. The number of aliphatic hydroxyl groups excluding tert-OH is 1. The second-order valence-corrected chi connectivity index (χ2v) is 2.62. The summed E-state index contributed by atoms with van der Waals surface area (Å²) in [6.45, 7) is 5.60. The Balaban J connectivity index is 3.59. The second kappa shape index (κ2) is 6.38. The number of ether oxygens (including phenoxy) is 1. The van der Waals surface area contributed by atoms with Gasteiger partial charge < -0.3 is 9.84 Å². The Morgan fingerprint density at radius 2 is 2.27 bits per heavy atom. The van der Waals surface area contributed by atoms with E-state index in [4.69, 9.17) is 4.74 Å². The second-order valence-electron chi connectivity index (χ2n) is 2.62. The van der Waals surface area contributed by atoms with E-state index in [9.17, 15) is 5.11 Å². The van der Waals surface area contributed by atoms with Gasteiger partial charge in [0.05, 0.1) is 12.2 Å². The third-order valence-corrected chi connectivity index (χ3v) is 1.80. The van der Waals surface area contributed by atoms with Gasteiger partial charge in [-0.15, -0.1) is 6.58 Å². The summed E-state index contributed by atoms with van der Waals surface area (Å²) in [5, 5.41) is 9.47. The molecular weight excluding hydrogens is 140 g/mol. The van der Waals surface area contributed by atoms with Crippen molar-refractivity contribution in [2.24, 2.45) is 0 Å². The molecule has 0 rings (SSSR count). The maximum Gasteiger partial charge on any atom is 0.0827 e. The van der Waals surface area contributed by atoms with Crippen LogP contribution in [0.2, 0.25) is 0 Å². The van der Waals surface area contributed by atoms with Gasteiger partial charge in [-0.25, -0.2) is 0 Å². The molecule has 0 aromatic rings. The van der Waals surface area contributed by atoms with E-state index < -0.39 is 0 Å². The van der Waals surface area contributed by atoms with Crippen LogP contribution in [0, 0.1) is 0 Å². The normalized spacial score (nSPS) is 15.9. The van der Waals surface area contributed by atoms with Crippen LogP contribution in [0.1, 0.15) is 26.2 Å². The van der Waals surface area contributed by atoms with E-state index in [1.807, 2.05) is 13.0 Å². The van der Waals surface area contributed by atoms with Crippen molar-refractivity contribution in [1.29, 1.82) is 0 Å². The number of allylic oxidation sites excluding steroid dienone is 1. The van der Waals surface area contributed by atoms with Gasteiger partial charge in [-0.05, 0) is 19.3 Å². The van der Waals surface area contributed by atoms with Crippen molar-refractivity contribution in [1.82, 2.24) is 0 Å². The predicted molar refractivity (Wildman–Crippen MR) is 46.5 cm³/mol. The average molecular weight is 158 g/mol. The SMILES string of the molecule is C=CCCC(O)C(CC)OC. The van der Waals surface area contributed by atoms with E-state index in [0.717, 1.165) is 19.3 Å². The molecule has 66 valence electrons. The number of hydrogen-bond acceptors (Lipinski definition) is 2. The van der Waals surface area contributed by atoms with E-state index in [0.29, 0.717) is 0 Å². The van der Waals surface area contributed by atoms with Crippen LogP contribution in [0.3, 0.4) is 0 Å². The standard InChI is InChI=1S/C9H18O2/c1-4-6-7-8(10)9(5-2)11-3/h4,8-10H,1,5-7H2,2-3H3. The van der Waals surface area contributed by atoms with Crippen LogP contribution in [0.4, 0.5) is 0 Å². The van der Waals surface area contributed by atoms with Gasteiger partial charge in [0.2, 0.25) is 0 Å². The summed E-state index contributed by atoms with van der Waals surface area (Å²) in [6, 6.07) is 0. The molecule has 0 aromatic heterocycles. The molecule has 0 spiro atoms. The van der Waals surface area contributed by atoms with Gasteiger partial charge in [-0.2, -0.15) is 0 Å². The van der Waals surface area contributed by atoms with Crippen molar-refractivity contribution in [3.05, 3.63) is 12.7 Å². The molecule has 0 aliphatic carbocycles. The first kappa shape index (κ1) is 10.7. The highest BCUT2D eigenvalue weighted by Gasteiger charge is 2.14. The maximum absolute atomic E-state index is 9.47. The summed E-state index contributed by atoms with van der Waals surface area (Å²) in [4.78, 5) is 0. The Hall–Kier alpha value is -0.340. The molecular formula is C9H18O2. The lowest BCUT2D eigenvalue weighted by Crippen LogP contribution is -2.26. The largest absolute Gasteiger partial charge is 0.390 e. The zero-order valence-electron chi connectivity index (χ0n) is 7.42. The first-order chi connectivity index (χ1) is 5.26. The molecule has 0 aliphatic rings. The molecule has 0 radical (unpaired) electrons. The average Bonchev–Trinajstić information content (AvgIpc) is 2.03. The lowest BCUT2D eigenvalue weighted by molar-refractivity contribution is -0.0166. The van der Waals surface area contributed by atoms with Gasteiger partial charge in [0, 0.05) is 7.11 Å². The molecule has 2 unspecified atom stereocenters. The molecule has 0 saturated carbocycles. The lowest BCUT2D eigenvalue weighted by Gasteiger charge is -2.19. The Labute approximate surface area is 68.9 Å². The molecule has 0 fully saturated rings. The molecule has 0 aliphatic heterocycles. The van der Waals surface area contributed by atoms with Crippen LogP contribution < -0.4 is 0 Å². The van der Waals surface area contributed by atoms with Crippen LogP contribution in [0.5, 0.6) is 0 Å². The molecule has 0 heterocycles. The molecule has 11 heavy (non-hydrogen) atoms. The zero-order valence-corrected chi connectivity index (χ0v) is 7.42. The van der Waals surface area contributed by atoms with E-state index in [1.54, 1.807) is 7.11 Å². The van der Waals surface area contributed by atoms with Gasteiger partial charge in [-0.1, -0.05) is 13.0 Å². The van der Waals surface area contributed by atoms with E-state index in [1.165, 1.54) is 0 Å². The van der Waals surface area contributed by atoms with Crippen molar-refractivity contribution in [2.75, 3.05) is 7.11 Å². The summed E-state index contributed by atoms with van der Waals surface area (Å²) < 4.78 is 5.07. The number of methoxy groups -OCH3 is 1. The third kappa shape index (κ3) is 4.17. The highest BCUT2D eigenvalue weighted by molar-refractivity contribution is 4.73. The minimum atomic E-state index is -0.344. The summed E-state index contributed by atoms with van der Waals surface area (Å²) in [5.74, 6) is 0. The number of hydrogen-bond donors (Lipinski definition) is 1.